The van der Waals surface area contributed by atoms with Crippen LogP contribution in [0.4, 0.5) is 0 Å². The molecule has 18 heavy (non-hydrogen) atoms. The first kappa shape index (κ1) is 11.7. The second kappa shape index (κ2) is 5.09. The van der Waals surface area contributed by atoms with Gasteiger partial charge in [-0.25, -0.2) is 4.98 Å². The van der Waals surface area contributed by atoms with E-state index in [1.165, 1.54) is 43.2 Å². The monoisotopic (exact) mass is 244 g/mol. The summed E-state index contributed by atoms with van der Waals surface area (Å²) in [5.41, 5.74) is 3.60. The Labute approximate surface area is 108 Å². The Morgan fingerprint density at radius 2 is 2.11 bits per heavy atom. The van der Waals surface area contributed by atoms with Gasteiger partial charge in [-0.2, -0.15) is 0 Å². The average molecular weight is 244 g/mol. The van der Waals surface area contributed by atoms with E-state index < -0.39 is 0 Å². The summed E-state index contributed by atoms with van der Waals surface area (Å²) in [4.78, 5) is 9.01. The van der Waals surface area contributed by atoms with Crippen LogP contribution in [-0.2, 0) is 6.54 Å². The van der Waals surface area contributed by atoms with Crippen molar-refractivity contribution < 1.29 is 4.74 Å². The highest BCUT2D eigenvalue weighted by atomic mass is 16.5. The van der Waals surface area contributed by atoms with Crippen molar-refractivity contribution in [2.45, 2.75) is 58.1 Å². The standard InChI is InChI=1S/C15H20N2O/c1-2-13-14-11(10-17-13)8-9-16-15(14)18-12-6-4-3-5-7-12/h8-9,12H,2-7,10H2,1H3. The van der Waals surface area contributed by atoms with Crippen LogP contribution < -0.4 is 4.74 Å². The number of hydrogen-bond acceptors (Lipinski definition) is 3. The molecule has 1 aromatic heterocycles. The lowest BCUT2D eigenvalue weighted by Crippen LogP contribution is -2.21. The molecule has 1 aliphatic carbocycles. The lowest BCUT2D eigenvalue weighted by Gasteiger charge is -2.23. The van der Waals surface area contributed by atoms with E-state index in [4.69, 9.17) is 4.74 Å². The number of nitrogens with zero attached hydrogens (tertiary/aromatic N) is 2. The molecule has 0 unspecified atom stereocenters. The maximum Gasteiger partial charge on any atom is 0.223 e. The van der Waals surface area contributed by atoms with Gasteiger partial charge >= 0.3 is 0 Å². The van der Waals surface area contributed by atoms with Crippen molar-refractivity contribution in [2.75, 3.05) is 0 Å². The first-order valence-corrected chi connectivity index (χ1v) is 7.06. The fourth-order valence-corrected chi connectivity index (χ4v) is 2.90. The quantitative estimate of drug-likeness (QED) is 0.815. The van der Waals surface area contributed by atoms with Gasteiger partial charge in [0.25, 0.3) is 0 Å². The van der Waals surface area contributed by atoms with E-state index in [9.17, 15) is 0 Å². The molecule has 0 aromatic carbocycles. The van der Waals surface area contributed by atoms with Crippen molar-refractivity contribution >= 4 is 5.71 Å². The maximum atomic E-state index is 6.14. The highest BCUT2D eigenvalue weighted by molar-refractivity contribution is 6.05. The van der Waals surface area contributed by atoms with Crippen LogP contribution in [0.3, 0.4) is 0 Å². The molecular formula is C15H20N2O. The summed E-state index contributed by atoms with van der Waals surface area (Å²) in [6, 6.07) is 2.06. The molecule has 2 aliphatic rings. The summed E-state index contributed by atoms with van der Waals surface area (Å²) in [6.07, 6.45) is 9.43. The lowest BCUT2D eigenvalue weighted by molar-refractivity contribution is 0.148. The molecule has 0 bridgehead atoms. The summed E-state index contributed by atoms with van der Waals surface area (Å²) >= 11 is 0. The topological polar surface area (TPSA) is 34.5 Å². The Balaban J connectivity index is 1.84. The first-order valence-electron chi connectivity index (χ1n) is 7.06. The molecule has 0 spiro atoms. The van der Waals surface area contributed by atoms with Crippen molar-refractivity contribution in [1.82, 2.24) is 4.98 Å². The molecule has 0 amide bonds. The molecule has 0 N–H and O–H groups in total. The van der Waals surface area contributed by atoms with Gasteiger partial charge in [-0.3, -0.25) is 4.99 Å². The SMILES string of the molecule is CCC1=NCc2ccnc(OC3CCCCC3)c21. The van der Waals surface area contributed by atoms with Gasteiger partial charge in [0.2, 0.25) is 5.88 Å². The molecule has 3 heteroatoms. The number of hydrogen-bond donors (Lipinski definition) is 0. The zero-order valence-corrected chi connectivity index (χ0v) is 11.0. The molecule has 0 saturated heterocycles. The average Bonchev–Trinajstić information content (AvgIpc) is 2.84. The summed E-state index contributed by atoms with van der Waals surface area (Å²) in [5.74, 6) is 0.817. The van der Waals surface area contributed by atoms with Crippen LogP contribution in [0.25, 0.3) is 0 Å². The number of ether oxygens (including phenoxy) is 1. The molecule has 3 nitrogen and oxygen atoms in total. The van der Waals surface area contributed by atoms with Crippen molar-refractivity contribution in [1.29, 1.82) is 0 Å². The molecular weight excluding hydrogens is 224 g/mol. The predicted molar refractivity (Wildman–Crippen MR) is 72.3 cm³/mol. The van der Waals surface area contributed by atoms with Gasteiger partial charge in [0, 0.05) is 11.9 Å². The molecule has 3 rings (SSSR count). The number of fused-ring (bicyclic) bond motifs is 1. The van der Waals surface area contributed by atoms with E-state index in [2.05, 4.69) is 23.0 Å². The molecule has 1 saturated carbocycles. The largest absolute Gasteiger partial charge is 0.474 e. The summed E-state index contributed by atoms with van der Waals surface area (Å²) in [7, 11) is 0. The van der Waals surface area contributed by atoms with Crippen LogP contribution in [0.5, 0.6) is 5.88 Å². The van der Waals surface area contributed by atoms with Crippen molar-refractivity contribution in [3.63, 3.8) is 0 Å². The minimum Gasteiger partial charge on any atom is -0.474 e. The van der Waals surface area contributed by atoms with E-state index in [1.54, 1.807) is 0 Å². The number of aromatic nitrogens is 1. The Bertz CT molecular complexity index is 462. The van der Waals surface area contributed by atoms with Gasteiger partial charge in [0.1, 0.15) is 6.10 Å². The van der Waals surface area contributed by atoms with Crippen molar-refractivity contribution in [3.8, 4) is 5.88 Å². The summed E-state index contributed by atoms with van der Waals surface area (Å²) in [5, 5.41) is 0. The molecule has 1 aromatic rings. The van der Waals surface area contributed by atoms with E-state index in [1.807, 2.05) is 6.20 Å². The first-order chi connectivity index (χ1) is 8.88. The maximum absolute atomic E-state index is 6.14. The Kier molecular flexibility index (Phi) is 3.31. The number of pyridine rings is 1. The minimum absolute atomic E-state index is 0.358. The van der Waals surface area contributed by atoms with Crippen LogP contribution >= 0.6 is 0 Å². The summed E-state index contributed by atoms with van der Waals surface area (Å²) < 4.78 is 6.14. The Morgan fingerprint density at radius 3 is 2.89 bits per heavy atom. The third-order valence-electron chi connectivity index (χ3n) is 3.90. The fourth-order valence-electron chi connectivity index (χ4n) is 2.90. The van der Waals surface area contributed by atoms with Crippen LogP contribution in [0, 0.1) is 0 Å². The molecule has 96 valence electrons. The van der Waals surface area contributed by atoms with Crippen LogP contribution in [0.15, 0.2) is 17.3 Å². The molecule has 1 aliphatic heterocycles. The zero-order valence-electron chi connectivity index (χ0n) is 11.0. The Hall–Kier alpha value is -1.38. The lowest BCUT2D eigenvalue weighted by atomic mass is 9.97. The zero-order chi connectivity index (χ0) is 12.4. The Morgan fingerprint density at radius 1 is 1.28 bits per heavy atom. The smallest absolute Gasteiger partial charge is 0.223 e. The predicted octanol–water partition coefficient (Wildman–Crippen LogP) is 3.51. The number of rotatable bonds is 3. The van der Waals surface area contributed by atoms with Gasteiger partial charge in [-0.1, -0.05) is 13.3 Å². The van der Waals surface area contributed by atoms with Gasteiger partial charge < -0.3 is 4.74 Å². The minimum atomic E-state index is 0.358. The van der Waals surface area contributed by atoms with E-state index in [0.29, 0.717) is 6.10 Å². The van der Waals surface area contributed by atoms with Gasteiger partial charge in [-0.15, -0.1) is 0 Å². The van der Waals surface area contributed by atoms with Crippen LogP contribution in [0.2, 0.25) is 0 Å². The highest BCUT2D eigenvalue weighted by Gasteiger charge is 2.23. The van der Waals surface area contributed by atoms with Crippen LogP contribution in [0.1, 0.15) is 56.6 Å². The van der Waals surface area contributed by atoms with Crippen LogP contribution in [-0.4, -0.2) is 16.8 Å². The molecule has 2 heterocycles. The van der Waals surface area contributed by atoms with Crippen molar-refractivity contribution in [2.24, 2.45) is 4.99 Å². The highest BCUT2D eigenvalue weighted by Crippen LogP contribution is 2.30. The van der Waals surface area contributed by atoms with E-state index >= 15 is 0 Å². The molecule has 1 fully saturated rings. The normalized spacial score (nSPS) is 19.5. The second-order valence-corrected chi connectivity index (χ2v) is 5.14. The molecule has 0 atom stereocenters. The van der Waals surface area contributed by atoms with E-state index in [-0.39, 0.29) is 0 Å². The van der Waals surface area contributed by atoms with E-state index in [0.717, 1.165) is 24.6 Å². The second-order valence-electron chi connectivity index (χ2n) is 5.14. The van der Waals surface area contributed by atoms with Gasteiger partial charge in [0.15, 0.2) is 0 Å². The molecule has 0 radical (unpaired) electrons. The third-order valence-corrected chi connectivity index (χ3v) is 3.90. The van der Waals surface area contributed by atoms with Crippen molar-refractivity contribution in [3.05, 3.63) is 23.4 Å². The summed E-state index contributed by atoms with van der Waals surface area (Å²) in [6.45, 7) is 2.94. The van der Waals surface area contributed by atoms with Gasteiger partial charge in [-0.05, 0) is 43.7 Å². The number of aliphatic imine (C=N–C) groups is 1. The van der Waals surface area contributed by atoms with Gasteiger partial charge in [0.05, 0.1) is 12.1 Å². The third kappa shape index (κ3) is 2.14. The fraction of sp³-hybridized carbons (Fsp3) is 0.600.